The maximum absolute atomic E-state index is 12.0. The molecule has 0 spiro atoms. The van der Waals surface area contributed by atoms with Gasteiger partial charge in [-0.05, 0) is 31.1 Å². The lowest BCUT2D eigenvalue weighted by molar-refractivity contribution is -0.123. The molecule has 19 heavy (non-hydrogen) atoms. The number of nitrogens with two attached hydrogens (primary N) is 1. The Morgan fingerprint density at radius 1 is 1.47 bits per heavy atom. The maximum Gasteiger partial charge on any atom is 0.229 e. The molecule has 4 heteroatoms. The molecule has 1 rings (SSSR count). The van der Waals surface area contributed by atoms with E-state index >= 15 is 0 Å². The fourth-order valence-corrected chi connectivity index (χ4v) is 3.26. The van der Waals surface area contributed by atoms with Crippen LogP contribution in [0.2, 0.25) is 0 Å². The minimum absolute atomic E-state index is 0.0122. The minimum atomic E-state index is -0.287. The molecule has 1 aliphatic carbocycles. The topological polar surface area (TPSA) is 55.1 Å². The molecule has 0 saturated heterocycles. The molecule has 0 aromatic heterocycles. The number of nitrogens with one attached hydrogen (secondary N) is 1. The first kappa shape index (κ1) is 16.4. The van der Waals surface area contributed by atoms with Gasteiger partial charge in [0.2, 0.25) is 5.91 Å². The lowest BCUT2D eigenvalue weighted by atomic mass is 9.81. The Balaban J connectivity index is 2.27. The standard InChI is InChI=1S/C15H28N2OS/c1-3-5-13(14(16)19)15(18)17-9-8-12-7-4-6-11(2)10-12/h11-13H,3-10H2,1-2H3,(H2,16,19)(H,17,18). The van der Waals surface area contributed by atoms with Gasteiger partial charge < -0.3 is 11.1 Å². The summed E-state index contributed by atoms with van der Waals surface area (Å²) in [6.07, 6.45) is 8.09. The average molecular weight is 284 g/mol. The highest BCUT2D eigenvalue weighted by Crippen LogP contribution is 2.30. The first-order valence-electron chi connectivity index (χ1n) is 7.61. The Kier molecular flexibility index (Phi) is 7.36. The fraction of sp³-hybridized carbons (Fsp3) is 0.867. The summed E-state index contributed by atoms with van der Waals surface area (Å²) >= 11 is 4.97. The second kappa shape index (κ2) is 8.51. The van der Waals surface area contributed by atoms with Gasteiger partial charge in [-0.15, -0.1) is 0 Å². The molecule has 0 radical (unpaired) electrons. The summed E-state index contributed by atoms with van der Waals surface area (Å²) in [6.45, 7) is 5.13. The van der Waals surface area contributed by atoms with Crippen LogP contribution in [0.4, 0.5) is 0 Å². The third-order valence-corrected chi connectivity index (χ3v) is 4.42. The molecule has 0 aromatic rings. The molecule has 3 unspecified atom stereocenters. The van der Waals surface area contributed by atoms with Crippen molar-refractivity contribution in [3.63, 3.8) is 0 Å². The van der Waals surface area contributed by atoms with E-state index in [1.54, 1.807) is 0 Å². The molecule has 3 N–H and O–H groups in total. The highest BCUT2D eigenvalue weighted by atomic mass is 32.1. The monoisotopic (exact) mass is 284 g/mol. The smallest absolute Gasteiger partial charge is 0.229 e. The number of thiocarbonyl (C=S) groups is 1. The third-order valence-electron chi connectivity index (χ3n) is 4.13. The summed E-state index contributed by atoms with van der Waals surface area (Å²) in [4.78, 5) is 12.3. The van der Waals surface area contributed by atoms with Gasteiger partial charge in [0, 0.05) is 6.54 Å². The zero-order valence-electron chi connectivity index (χ0n) is 12.3. The summed E-state index contributed by atoms with van der Waals surface area (Å²) in [5, 5.41) is 3.00. The number of hydrogen-bond donors (Lipinski definition) is 2. The van der Waals surface area contributed by atoms with Crippen LogP contribution in [0.5, 0.6) is 0 Å². The first-order valence-corrected chi connectivity index (χ1v) is 8.02. The molecule has 1 aliphatic rings. The van der Waals surface area contributed by atoms with E-state index in [1.807, 2.05) is 6.92 Å². The zero-order valence-corrected chi connectivity index (χ0v) is 13.1. The van der Waals surface area contributed by atoms with Crippen molar-refractivity contribution < 1.29 is 4.79 Å². The molecule has 0 aliphatic heterocycles. The lowest BCUT2D eigenvalue weighted by Crippen LogP contribution is -2.38. The number of rotatable bonds is 7. The Morgan fingerprint density at radius 3 is 2.79 bits per heavy atom. The van der Waals surface area contributed by atoms with E-state index in [9.17, 15) is 4.79 Å². The van der Waals surface area contributed by atoms with Crippen LogP contribution < -0.4 is 11.1 Å². The van der Waals surface area contributed by atoms with Crippen molar-refractivity contribution in [2.45, 2.75) is 58.8 Å². The molecule has 3 atom stereocenters. The summed E-state index contributed by atoms with van der Waals surface area (Å²) in [5.41, 5.74) is 5.63. The molecule has 3 nitrogen and oxygen atoms in total. The van der Waals surface area contributed by atoms with Crippen LogP contribution in [0, 0.1) is 17.8 Å². The molecule has 0 aromatic carbocycles. The normalized spacial score (nSPS) is 24.7. The van der Waals surface area contributed by atoms with Gasteiger partial charge in [0.25, 0.3) is 0 Å². The van der Waals surface area contributed by atoms with Gasteiger partial charge >= 0.3 is 0 Å². The fourth-order valence-electron chi connectivity index (χ4n) is 3.04. The Hall–Kier alpha value is -0.640. The van der Waals surface area contributed by atoms with E-state index in [-0.39, 0.29) is 11.8 Å². The second-order valence-corrected chi connectivity index (χ2v) is 6.43. The predicted molar refractivity (Wildman–Crippen MR) is 83.9 cm³/mol. The first-order chi connectivity index (χ1) is 9.04. The Bertz CT molecular complexity index is 307. The molecular weight excluding hydrogens is 256 g/mol. The van der Waals surface area contributed by atoms with E-state index in [0.717, 1.165) is 37.6 Å². The second-order valence-electron chi connectivity index (χ2n) is 5.96. The van der Waals surface area contributed by atoms with Crippen LogP contribution in [0.1, 0.15) is 58.8 Å². The predicted octanol–water partition coefficient (Wildman–Crippen LogP) is 3.02. The van der Waals surface area contributed by atoms with E-state index in [4.69, 9.17) is 18.0 Å². The van der Waals surface area contributed by atoms with Crippen molar-refractivity contribution in [2.75, 3.05) is 6.54 Å². The molecule has 0 bridgehead atoms. The van der Waals surface area contributed by atoms with Crippen LogP contribution in [0.3, 0.4) is 0 Å². The van der Waals surface area contributed by atoms with Crippen molar-refractivity contribution in [3.05, 3.63) is 0 Å². The van der Waals surface area contributed by atoms with Crippen LogP contribution in [0.25, 0.3) is 0 Å². The highest BCUT2D eigenvalue weighted by Gasteiger charge is 2.21. The Morgan fingerprint density at radius 2 is 2.21 bits per heavy atom. The quantitative estimate of drug-likeness (QED) is 0.707. The lowest BCUT2D eigenvalue weighted by Gasteiger charge is -2.26. The van der Waals surface area contributed by atoms with Gasteiger partial charge in [-0.1, -0.05) is 51.7 Å². The van der Waals surface area contributed by atoms with Gasteiger partial charge in [0.1, 0.15) is 0 Å². The Labute approximate surface area is 122 Å². The SMILES string of the molecule is CCCC(C(=O)NCCC1CCCC(C)C1)C(N)=S. The van der Waals surface area contributed by atoms with Crippen LogP contribution >= 0.6 is 12.2 Å². The van der Waals surface area contributed by atoms with E-state index in [1.165, 1.54) is 25.7 Å². The van der Waals surface area contributed by atoms with Crippen molar-refractivity contribution in [1.82, 2.24) is 5.32 Å². The van der Waals surface area contributed by atoms with E-state index in [0.29, 0.717) is 4.99 Å². The summed E-state index contributed by atoms with van der Waals surface area (Å²) in [6, 6.07) is 0. The van der Waals surface area contributed by atoms with Gasteiger partial charge in [0.05, 0.1) is 10.9 Å². The summed E-state index contributed by atoms with van der Waals surface area (Å²) < 4.78 is 0. The van der Waals surface area contributed by atoms with Gasteiger partial charge in [-0.3, -0.25) is 4.79 Å². The van der Waals surface area contributed by atoms with Crippen LogP contribution in [-0.2, 0) is 4.79 Å². The van der Waals surface area contributed by atoms with E-state index < -0.39 is 0 Å². The van der Waals surface area contributed by atoms with Crippen LogP contribution in [0.15, 0.2) is 0 Å². The van der Waals surface area contributed by atoms with Crippen molar-refractivity contribution >= 4 is 23.1 Å². The molecule has 1 amide bonds. The van der Waals surface area contributed by atoms with Crippen molar-refractivity contribution in [2.24, 2.45) is 23.5 Å². The van der Waals surface area contributed by atoms with Crippen LogP contribution in [-0.4, -0.2) is 17.4 Å². The largest absolute Gasteiger partial charge is 0.393 e. The van der Waals surface area contributed by atoms with Gasteiger partial charge in [-0.2, -0.15) is 0 Å². The maximum atomic E-state index is 12.0. The molecular formula is C15H28N2OS. The zero-order chi connectivity index (χ0) is 14.3. The third kappa shape index (κ3) is 5.89. The number of amides is 1. The minimum Gasteiger partial charge on any atom is -0.393 e. The number of carbonyl (C=O) groups excluding carboxylic acids is 1. The van der Waals surface area contributed by atoms with E-state index in [2.05, 4.69) is 12.2 Å². The van der Waals surface area contributed by atoms with Crippen molar-refractivity contribution in [3.8, 4) is 0 Å². The average Bonchev–Trinajstić information content (AvgIpc) is 2.35. The molecule has 1 fully saturated rings. The molecule has 1 saturated carbocycles. The van der Waals surface area contributed by atoms with Gasteiger partial charge in [-0.25, -0.2) is 0 Å². The number of carbonyl (C=O) groups is 1. The molecule has 0 heterocycles. The summed E-state index contributed by atoms with van der Waals surface area (Å²) in [5.74, 6) is 1.35. The van der Waals surface area contributed by atoms with Crippen molar-refractivity contribution in [1.29, 1.82) is 0 Å². The molecule has 110 valence electrons. The van der Waals surface area contributed by atoms with Gasteiger partial charge in [0.15, 0.2) is 0 Å². The number of hydrogen-bond acceptors (Lipinski definition) is 2. The summed E-state index contributed by atoms with van der Waals surface area (Å²) in [7, 11) is 0. The highest BCUT2D eigenvalue weighted by molar-refractivity contribution is 7.80.